The average molecular weight is 761 g/mol. The highest BCUT2D eigenvalue weighted by molar-refractivity contribution is 7.47. The molecule has 0 saturated heterocycles. The summed E-state index contributed by atoms with van der Waals surface area (Å²) in [6.45, 7) is 4.42. The number of hydrogen-bond donors (Lipinski definition) is 1. The zero-order valence-corrected chi connectivity index (χ0v) is 35.5. The number of allylic oxidation sites excluding steroid dienone is 2. The number of esters is 2. The molecule has 2 atom stereocenters. The molecule has 0 saturated carbocycles. The fourth-order valence-electron chi connectivity index (χ4n) is 5.89. The first-order valence-electron chi connectivity index (χ1n) is 21.4. The van der Waals surface area contributed by atoms with Crippen molar-refractivity contribution in [3.05, 3.63) is 12.2 Å². The van der Waals surface area contributed by atoms with Gasteiger partial charge in [-0.1, -0.05) is 154 Å². The Bertz CT molecular complexity index is 907. The van der Waals surface area contributed by atoms with Gasteiger partial charge >= 0.3 is 19.8 Å². The summed E-state index contributed by atoms with van der Waals surface area (Å²) in [6.07, 6.45) is 35.3. The average Bonchev–Trinajstić information content (AvgIpc) is 3.09. The highest BCUT2D eigenvalue weighted by Gasteiger charge is 2.27. The quantitative estimate of drug-likeness (QED) is 0.0217. The monoisotopic (exact) mass is 761 g/mol. The number of likely N-dealkylation sites (N-methyl/N-ethyl adjacent to an activating group) is 1. The molecule has 0 rings (SSSR count). The maximum atomic E-state index is 12.6. The molecule has 0 spiro atoms. The lowest BCUT2D eigenvalue weighted by molar-refractivity contribution is -0.870. The topological polar surface area (TPSA) is 108 Å². The highest BCUT2D eigenvalue weighted by Crippen LogP contribution is 2.43. The third-order valence-corrected chi connectivity index (χ3v) is 10.3. The van der Waals surface area contributed by atoms with Crippen LogP contribution >= 0.6 is 7.82 Å². The van der Waals surface area contributed by atoms with Crippen molar-refractivity contribution in [3.8, 4) is 0 Å². The van der Waals surface area contributed by atoms with Gasteiger partial charge in [-0.3, -0.25) is 18.6 Å². The summed E-state index contributed by atoms with van der Waals surface area (Å²) in [4.78, 5) is 35.3. The first-order valence-corrected chi connectivity index (χ1v) is 22.9. The lowest BCUT2D eigenvalue weighted by atomic mass is 10.0. The normalized spacial score (nSPS) is 13.7. The van der Waals surface area contributed by atoms with Gasteiger partial charge in [0.05, 0.1) is 27.7 Å². The molecule has 0 aliphatic carbocycles. The predicted molar refractivity (Wildman–Crippen MR) is 215 cm³/mol. The van der Waals surface area contributed by atoms with E-state index >= 15 is 0 Å². The number of phosphoric ester groups is 1. The standard InChI is InChI=1S/C42H82NO8P/c1-6-8-10-12-14-16-18-20-21-23-24-26-28-30-32-34-41(44)48-38-40(39-50-52(46,47)49-37-36-43(3,4)5)51-42(45)35-33-31-29-27-25-22-19-17-15-13-11-9-7-2/h20-21,40H,6-19,22-39H2,1-5H3/p+1/t40-/m1/s1. The van der Waals surface area contributed by atoms with Gasteiger partial charge in [-0.15, -0.1) is 0 Å². The Morgan fingerprint density at radius 2 is 0.981 bits per heavy atom. The number of quaternary nitrogens is 1. The third-order valence-electron chi connectivity index (χ3n) is 9.30. The summed E-state index contributed by atoms with van der Waals surface area (Å²) in [7, 11) is 1.48. The maximum Gasteiger partial charge on any atom is 0.472 e. The molecular weight excluding hydrogens is 677 g/mol. The van der Waals surface area contributed by atoms with Crippen LogP contribution in [0.4, 0.5) is 0 Å². The number of rotatable bonds is 39. The van der Waals surface area contributed by atoms with Crippen LogP contribution in [0, 0.1) is 0 Å². The van der Waals surface area contributed by atoms with Crippen molar-refractivity contribution in [1.82, 2.24) is 0 Å². The maximum absolute atomic E-state index is 12.6. The lowest BCUT2D eigenvalue weighted by Gasteiger charge is -2.24. The van der Waals surface area contributed by atoms with Crippen molar-refractivity contribution >= 4 is 19.8 Å². The Hall–Kier alpha value is -1.25. The summed E-state index contributed by atoms with van der Waals surface area (Å²) in [6, 6.07) is 0. The van der Waals surface area contributed by atoms with Crippen LogP contribution < -0.4 is 0 Å². The minimum absolute atomic E-state index is 0.0335. The first-order chi connectivity index (χ1) is 25.0. The van der Waals surface area contributed by atoms with E-state index in [1.54, 1.807) is 0 Å². The fourth-order valence-corrected chi connectivity index (χ4v) is 6.63. The number of nitrogens with zero attached hydrogens (tertiary/aromatic N) is 1. The number of carbonyl (C=O) groups is 2. The Morgan fingerprint density at radius 1 is 0.577 bits per heavy atom. The van der Waals surface area contributed by atoms with Gasteiger partial charge in [0, 0.05) is 12.8 Å². The lowest BCUT2D eigenvalue weighted by Crippen LogP contribution is -2.37. The van der Waals surface area contributed by atoms with Gasteiger partial charge in [0.1, 0.15) is 19.8 Å². The zero-order valence-electron chi connectivity index (χ0n) is 34.6. The van der Waals surface area contributed by atoms with Crippen molar-refractivity contribution in [2.24, 2.45) is 0 Å². The van der Waals surface area contributed by atoms with E-state index in [1.165, 1.54) is 109 Å². The molecule has 0 aliphatic rings. The molecule has 0 aromatic carbocycles. The molecule has 10 heteroatoms. The van der Waals surface area contributed by atoms with Crippen LogP contribution in [-0.4, -0.2) is 74.9 Å². The van der Waals surface area contributed by atoms with Crippen molar-refractivity contribution in [1.29, 1.82) is 0 Å². The van der Waals surface area contributed by atoms with Crippen LogP contribution in [0.3, 0.4) is 0 Å². The number of phosphoric acid groups is 1. The van der Waals surface area contributed by atoms with Crippen LogP contribution in [0.1, 0.15) is 194 Å². The highest BCUT2D eigenvalue weighted by atomic mass is 31.2. The van der Waals surface area contributed by atoms with E-state index in [1.807, 2.05) is 21.1 Å². The number of carbonyl (C=O) groups excluding carboxylic acids is 2. The third kappa shape index (κ3) is 38.5. The van der Waals surface area contributed by atoms with Crippen molar-refractivity contribution in [2.75, 3.05) is 47.5 Å². The second-order valence-electron chi connectivity index (χ2n) is 15.7. The fraction of sp³-hybridized carbons (Fsp3) is 0.905. The Labute approximate surface area is 320 Å². The molecule has 1 N–H and O–H groups in total. The molecule has 9 nitrogen and oxygen atoms in total. The van der Waals surface area contributed by atoms with Crippen LogP contribution in [-0.2, 0) is 32.7 Å². The van der Waals surface area contributed by atoms with E-state index in [-0.39, 0.29) is 32.0 Å². The van der Waals surface area contributed by atoms with Gasteiger partial charge in [0.15, 0.2) is 6.10 Å². The molecule has 0 aliphatic heterocycles. The van der Waals surface area contributed by atoms with Crippen LogP contribution in [0.15, 0.2) is 12.2 Å². The Balaban J connectivity index is 4.37. The predicted octanol–water partition coefficient (Wildman–Crippen LogP) is 11.8. The van der Waals surface area contributed by atoms with Gasteiger partial charge in [0.2, 0.25) is 0 Å². The molecule has 0 fully saturated rings. The van der Waals surface area contributed by atoms with E-state index in [9.17, 15) is 19.0 Å². The molecule has 0 aromatic rings. The molecule has 0 amide bonds. The summed E-state index contributed by atoms with van der Waals surface area (Å²) in [5.74, 6) is -0.801. The summed E-state index contributed by atoms with van der Waals surface area (Å²) >= 11 is 0. The Morgan fingerprint density at radius 3 is 1.42 bits per heavy atom. The second kappa shape index (κ2) is 35.5. The van der Waals surface area contributed by atoms with Crippen molar-refractivity contribution < 1.29 is 42.1 Å². The zero-order chi connectivity index (χ0) is 38.6. The molecule has 0 heterocycles. The number of ether oxygens (including phenoxy) is 2. The van der Waals surface area contributed by atoms with Crippen molar-refractivity contribution in [2.45, 2.75) is 200 Å². The first kappa shape index (κ1) is 50.8. The smallest absolute Gasteiger partial charge is 0.462 e. The SMILES string of the molecule is CCCCCCCCC=CCCCCCCCC(=O)OC[C@H](COP(=O)(O)OCC[N+](C)(C)C)OC(=O)CCCCCCCCCCCCCCC. The molecule has 0 aromatic heterocycles. The van der Waals surface area contributed by atoms with E-state index in [0.29, 0.717) is 17.4 Å². The largest absolute Gasteiger partial charge is 0.472 e. The minimum Gasteiger partial charge on any atom is -0.462 e. The molecular formula is C42H83NO8P+. The summed E-state index contributed by atoms with van der Waals surface area (Å²) in [5.41, 5.74) is 0. The summed E-state index contributed by atoms with van der Waals surface area (Å²) in [5, 5.41) is 0. The van der Waals surface area contributed by atoms with E-state index < -0.39 is 26.5 Å². The second-order valence-corrected chi connectivity index (χ2v) is 17.2. The van der Waals surface area contributed by atoms with E-state index in [4.69, 9.17) is 18.5 Å². The van der Waals surface area contributed by atoms with Crippen LogP contribution in [0.25, 0.3) is 0 Å². The van der Waals surface area contributed by atoms with Gasteiger partial charge < -0.3 is 18.9 Å². The number of hydrogen-bond acceptors (Lipinski definition) is 7. The molecule has 0 bridgehead atoms. The Kier molecular flexibility index (Phi) is 34.6. The molecule has 0 radical (unpaired) electrons. The molecule has 1 unspecified atom stereocenters. The van der Waals surface area contributed by atoms with Gasteiger partial charge in [-0.05, 0) is 38.5 Å². The molecule has 308 valence electrons. The molecule has 52 heavy (non-hydrogen) atoms. The van der Waals surface area contributed by atoms with E-state index in [0.717, 1.165) is 51.4 Å². The van der Waals surface area contributed by atoms with Crippen LogP contribution in [0.2, 0.25) is 0 Å². The van der Waals surface area contributed by atoms with Gasteiger partial charge in [-0.25, -0.2) is 4.57 Å². The van der Waals surface area contributed by atoms with Crippen molar-refractivity contribution in [3.63, 3.8) is 0 Å². The van der Waals surface area contributed by atoms with E-state index in [2.05, 4.69) is 26.0 Å². The van der Waals surface area contributed by atoms with Gasteiger partial charge in [0.25, 0.3) is 0 Å². The van der Waals surface area contributed by atoms with Crippen LogP contribution in [0.5, 0.6) is 0 Å². The number of unbranched alkanes of at least 4 members (excludes halogenated alkanes) is 23. The minimum atomic E-state index is -4.37. The van der Waals surface area contributed by atoms with Gasteiger partial charge in [-0.2, -0.15) is 0 Å². The summed E-state index contributed by atoms with van der Waals surface area (Å²) < 4.78 is 34.3.